The molecule has 0 saturated heterocycles. The van der Waals surface area contributed by atoms with Crippen molar-refractivity contribution in [2.75, 3.05) is 7.11 Å². The number of hydrogen-bond donors (Lipinski definition) is 2. The summed E-state index contributed by atoms with van der Waals surface area (Å²) in [7, 11) is 1.44. The molecule has 0 unspecified atom stereocenters. The van der Waals surface area contributed by atoms with Crippen molar-refractivity contribution in [2.45, 2.75) is 26.3 Å². The van der Waals surface area contributed by atoms with E-state index in [2.05, 4.69) is 9.97 Å². The van der Waals surface area contributed by atoms with Gasteiger partial charge in [-0.15, -0.1) is 0 Å². The summed E-state index contributed by atoms with van der Waals surface area (Å²) in [6.45, 7) is 4.49. The predicted molar refractivity (Wildman–Crippen MR) is 72.5 cm³/mol. The Morgan fingerprint density at radius 3 is 2.63 bits per heavy atom. The first-order valence-electron chi connectivity index (χ1n) is 6.19. The van der Waals surface area contributed by atoms with Gasteiger partial charge in [-0.1, -0.05) is 13.8 Å². The zero-order valence-corrected chi connectivity index (χ0v) is 11.3. The van der Waals surface area contributed by atoms with Crippen LogP contribution in [-0.2, 0) is 6.54 Å². The summed E-state index contributed by atoms with van der Waals surface area (Å²) >= 11 is 0. The highest BCUT2D eigenvalue weighted by Gasteiger charge is 2.14. The maximum atomic E-state index is 13.7. The van der Waals surface area contributed by atoms with Gasteiger partial charge in [-0.3, -0.25) is 0 Å². The Kier molecular flexibility index (Phi) is 3.85. The maximum Gasteiger partial charge on any atom is 0.165 e. The smallest absolute Gasteiger partial charge is 0.165 e. The van der Waals surface area contributed by atoms with Gasteiger partial charge in [0.1, 0.15) is 5.82 Å². The molecule has 0 aliphatic carbocycles. The largest absolute Gasteiger partial charge is 0.494 e. The van der Waals surface area contributed by atoms with Gasteiger partial charge in [-0.25, -0.2) is 9.37 Å². The predicted octanol–water partition coefficient (Wildman–Crippen LogP) is 2.81. The quantitative estimate of drug-likeness (QED) is 0.891. The molecule has 2 rings (SSSR count). The first-order chi connectivity index (χ1) is 9.06. The van der Waals surface area contributed by atoms with Crippen LogP contribution in [0.4, 0.5) is 4.39 Å². The second kappa shape index (κ2) is 5.40. The number of imidazole rings is 1. The molecular formula is C14H18FN3O. The van der Waals surface area contributed by atoms with Crippen LogP contribution in [0.15, 0.2) is 18.2 Å². The van der Waals surface area contributed by atoms with Crippen molar-refractivity contribution in [3.63, 3.8) is 0 Å². The maximum absolute atomic E-state index is 13.7. The molecule has 0 amide bonds. The lowest BCUT2D eigenvalue weighted by Crippen LogP contribution is -2.02. The van der Waals surface area contributed by atoms with Crippen LogP contribution < -0.4 is 10.5 Å². The standard InChI is InChI=1S/C14H18FN3O/c1-8(2)13-11(7-16)17-14(18-13)9-4-5-12(19-3)10(15)6-9/h4-6,8H,7,16H2,1-3H3,(H,17,18). The molecule has 5 heteroatoms. The molecule has 0 atom stereocenters. The van der Waals surface area contributed by atoms with Gasteiger partial charge in [0.05, 0.1) is 18.5 Å². The van der Waals surface area contributed by atoms with Gasteiger partial charge in [0.15, 0.2) is 11.6 Å². The summed E-state index contributed by atoms with van der Waals surface area (Å²) in [4.78, 5) is 7.65. The van der Waals surface area contributed by atoms with E-state index in [0.717, 1.165) is 11.4 Å². The van der Waals surface area contributed by atoms with Crippen LogP contribution in [0.2, 0.25) is 0 Å². The minimum Gasteiger partial charge on any atom is -0.494 e. The van der Waals surface area contributed by atoms with E-state index < -0.39 is 5.82 Å². The molecule has 1 heterocycles. The number of H-pyrrole nitrogens is 1. The Morgan fingerprint density at radius 1 is 1.42 bits per heavy atom. The van der Waals surface area contributed by atoms with Crippen LogP contribution in [0.1, 0.15) is 31.2 Å². The summed E-state index contributed by atoms with van der Waals surface area (Å²) in [5.74, 6) is 0.715. The molecule has 102 valence electrons. The van der Waals surface area contributed by atoms with Crippen molar-refractivity contribution in [2.24, 2.45) is 5.73 Å². The first kappa shape index (κ1) is 13.5. The molecule has 3 N–H and O–H groups in total. The molecule has 1 aromatic carbocycles. The van der Waals surface area contributed by atoms with Gasteiger partial charge in [-0.2, -0.15) is 0 Å². The number of nitrogens with two attached hydrogens (primary N) is 1. The van der Waals surface area contributed by atoms with Crippen molar-refractivity contribution < 1.29 is 9.13 Å². The van der Waals surface area contributed by atoms with Crippen LogP contribution in [0.25, 0.3) is 11.4 Å². The minimum atomic E-state index is -0.406. The SMILES string of the molecule is COc1ccc(-c2nc(C(C)C)c(CN)[nH]2)cc1F. The van der Waals surface area contributed by atoms with E-state index in [1.807, 2.05) is 13.8 Å². The molecule has 0 saturated carbocycles. The van der Waals surface area contributed by atoms with E-state index in [1.54, 1.807) is 12.1 Å². The van der Waals surface area contributed by atoms with Gasteiger partial charge in [0.25, 0.3) is 0 Å². The summed E-state index contributed by atoms with van der Waals surface area (Å²) in [5.41, 5.74) is 8.19. The first-order valence-corrected chi connectivity index (χ1v) is 6.19. The van der Waals surface area contributed by atoms with Crippen molar-refractivity contribution in [1.82, 2.24) is 9.97 Å². The van der Waals surface area contributed by atoms with E-state index in [-0.39, 0.29) is 11.7 Å². The molecule has 0 fully saturated rings. The number of nitrogens with zero attached hydrogens (tertiary/aromatic N) is 1. The second-order valence-corrected chi connectivity index (χ2v) is 4.66. The highest BCUT2D eigenvalue weighted by Crippen LogP contribution is 2.26. The van der Waals surface area contributed by atoms with Gasteiger partial charge in [0.2, 0.25) is 0 Å². The number of benzene rings is 1. The van der Waals surface area contributed by atoms with Crippen LogP contribution in [0.3, 0.4) is 0 Å². The highest BCUT2D eigenvalue weighted by atomic mass is 19.1. The van der Waals surface area contributed by atoms with E-state index in [4.69, 9.17) is 10.5 Å². The van der Waals surface area contributed by atoms with Crippen molar-refractivity contribution in [3.8, 4) is 17.1 Å². The van der Waals surface area contributed by atoms with Gasteiger partial charge in [0, 0.05) is 12.1 Å². The average molecular weight is 263 g/mol. The lowest BCUT2D eigenvalue weighted by molar-refractivity contribution is 0.386. The molecule has 0 aliphatic rings. The Morgan fingerprint density at radius 2 is 2.16 bits per heavy atom. The highest BCUT2D eigenvalue weighted by molar-refractivity contribution is 5.58. The summed E-state index contributed by atoms with van der Waals surface area (Å²) in [6, 6.07) is 4.76. The lowest BCUT2D eigenvalue weighted by Gasteiger charge is -2.03. The Balaban J connectivity index is 2.44. The Labute approximate surface area is 111 Å². The van der Waals surface area contributed by atoms with Crippen molar-refractivity contribution in [3.05, 3.63) is 35.4 Å². The molecule has 0 spiro atoms. The summed E-state index contributed by atoms with van der Waals surface area (Å²) in [6.07, 6.45) is 0. The Hall–Kier alpha value is -1.88. The fourth-order valence-corrected chi connectivity index (χ4v) is 2.01. The van der Waals surface area contributed by atoms with Crippen LogP contribution in [0.5, 0.6) is 5.75 Å². The third-order valence-corrected chi connectivity index (χ3v) is 2.99. The normalized spacial score (nSPS) is 11.1. The topological polar surface area (TPSA) is 63.9 Å². The van der Waals surface area contributed by atoms with Crippen LogP contribution >= 0.6 is 0 Å². The number of halogens is 1. The average Bonchev–Trinajstić information content (AvgIpc) is 2.83. The number of aromatic amines is 1. The monoisotopic (exact) mass is 263 g/mol. The molecule has 19 heavy (non-hydrogen) atoms. The van der Waals surface area contributed by atoms with Crippen molar-refractivity contribution >= 4 is 0 Å². The third kappa shape index (κ3) is 2.61. The van der Waals surface area contributed by atoms with Crippen LogP contribution in [-0.4, -0.2) is 17.1 Å². The van der Waals surface area contributed by atoms with Gasteiger partial charge in [-0.05, 0) is 24.1 Å². The fourth-order valence-electron chi connectivity index (χ4n) is 2.01. The van der Waals surface area contributed by atoms with Gasteiger partial charge < -0.3 is 15.5 Å². The second-order valence-electron chi connectivity index (χ2n) is 4.66. The number of nitrogens with one attached hydrogen (secondary N) is 1. The molecule has 0 bridgehead atoms. The van der Waals surface area contributed by atoms with Crippen LogP contribution in [0, 0.1) is 5.82 Å². The molecule has 2 aromatic rings. The molecule has 0 radical (unpaired) electrons. The molecule has 1 aromatic heterocycles. The third-order valence-electron chi connectivity index (χ3n) is 2.99. The fraction of sp³-hybridized carbons (Fsp3) is 0.357. The summed E-state index contributed by atoms with van der Waals surface area (Å²) in [5, 5.41) is 0. The van der Waals surface area contributed by atoms with E-state index in [9.17, 15) is 4.39 Å². The molecule has 0 aliphatic heterocycles. The van der Waals surface area contributed by atoms with Gasteiger partial charge >= 0.3 is 0 Å². The minimum absolute atomic E-state index is 0.221. The molecule has 4 nitrogen and oxygen atoms in total. The molecular weight excluding hydrogens is 245 g/mol. The van der Waals surface area contributed by atoms with Crippen molar-refractivity contribution in [1.29, 1.82) is 0 Å². The van der Waals surface area contributed by atoms with E-state index in [1.165, 1.54) is 13.2 Å². The Bertz CT molecular complexity index is 578. The zero-order chi connectivity index (χ0) is 14.0. The summed E-state index contributed by atoms with van der Waals surface area (Å²) < 4.78 is 18.6. The lowest BCUT2D eigenvalue weighted by atomic mass is 10.1. The number of aromatic nitrogens is 2. The number of methoxy groups -OCH3 is 1. The van der Waals surface area contributed by atoms with E-state index in [0.29, 0.717) is 17.9 Å². The van der Waals surface area contributed by atoms with E-state index >= 15 is 0 Å². The zero-order valence-electron chi connectivity index (χ0n) is 11.3. The number of rotatable bonds is 4. The number of ether oxygens (including phenoxy) is 1. The number of hydrogen-bond acceptors (Lipinski definition) is 3.